The molecule has 0 spiro atoms. The molecular formula is C19H29N. The molecule has 0 radical (unpaired) electrons. The van der Waals surface area contributed by atoms with Crippen LogP contribution in [0.15, 0.2) is 30.3 Å². The first-order valence-electron chi connectivity index (χ1n) is 8.53. The zero-order valence-electron chi connectivity index (χ0n) is 13.1. The predicted octanol–water partition coefficient (Wildman–Crippen LogP) is 4.52. The van der Waals surface area contributed by atoms with E-state index in [1.54, 1.807) is 5.56 Å². The minimum atomic E-state index is 0.444. The number of hydrogen-bond acceptors (Lipinski definition) is 1. The molecule has 20 heavy (non-hydrogen) atoms. The Labute approximate surface area is 124 Å². The number of benzene rings is 1. The van der Waals surface area contributed by atoms with Crippen molar-refractivity contribution in [1.29, 1.82) is 0 Å². The standard InChI is InChI=1S/C19H29N/c1-3-15-9-11-16(12-10-15)18(20-2)19(13-14-19)17-7-5-4-6-8-17/h4-8,15-16,18,20H,3,9-14H2,1-2H3. The van der Waals surface area contributed by atoms with Crippen LogP contribution in [0.1, 0.15) is 57.4 Å². The summed E-state index contributed by atoms with van der Waals surface area (Å²) in [5.41, 5.74) is 2.01. The van der Waals surface area contributed by atoms with E-state index in [4.69, 9.17) is 0 Å². The number of rotatable bonds is 5. The number of likely N-dealkylation sites (N-methyl/N-ethyl adjacent to an activating group) is 1. The first-order chi connectivity index (χ1) is 9.80. The Morgan fingerprint density at radius 2 is 1.75 bits per heavy atom. The van der Waals surface area contributed by atoms with Gasteiger partial charge in [0, 0.05) is 11.5 Å². The summed E-state index contributed by atoms with van der Waals surface area (Å²) in [7, 11) is 2.18. The number of hydrogen-bond donors (Lipinski definition) is 1. The Morgan fingerprint density at radius 1 is 1.10 bits per heavy atom. The largest absolute Gasteiger partial charge is 0.316 e. The smallest absolute Gasteiger partial charge is 0.0189 e. The Hall–Kier alpha value is -0.820. The fourth-order valence-electron chi connectivity index (χ4n) is 4.58. The Bertz CT molecular complexity index is 413. The van der Waals surface area contributed by atoms with E-state index in [0.29, 0.717) is 11.5 Å². The van der Waals surface area contributed by atoms with Gasteiger partial charge in [-0.1, -0.05) is 56.5 Å². The van der Waals surface area contributed by atoms with Gasteiger partial charge < -0.3 is 5.32 Å². The van der Waals surface area contributed by atoms with Gasteiger partial charge in [0.2, 0.25) is 0 Å². The topological polar surface area (TPSA) is 12.0 Å². The van der Waals surface area contributed by atoms with E-state index in [0.717, 1.165) is 11.8 Å². The van der Waals surface area contributed by atoms with Crippen LogP contribution in [0, 0.1) is 11.8 Å². The molecule has 2 aliphatic rings. The lowest BCUT2D eigenvalue weighted by Gasteiger charge is -2.38. The van der Waals surface area contributed by atoms with Gasteiger partial charge in [-0.2, -0.15) is 0 Å². The molecule has 1 unspecified atom stereocenters. The third-order valence-corrected chi connectivity index (χ3v) is 5.98. The van der Waals surface area contributed by atoms with Crippen LogP contribution in [-0.2, 0) is 5.41 Å². The van der Waals surface area contributed by atoms with Gasteiger partial charge in [-0.25, -0.2) is 0 Å². The van der Waals surface area contributed by atoms with Crippen LogP contribution in [0.2, 0.25) is 0 Å². The molecule has 0 bridgehead atoms. The van der Waals surface area contributed by atoms with Crippen LogP contribution >= 0.6 is 0 Å². The molecule has 1 aromatic rings. The quantitative estimate of drug-likeness (QED) is 0.830. The van der Waals surface area contributed by atoms with Crippen LogP contribution in [-0.4, -0.2) is 13.1 Å². The molecule has 0 aromatic heterocycles. The summed E-state index contributed by atoms with van der Waals surface area (Å²) in [6.45, 7) is 2.35. The van der Waals surface area contributed by atoms with Crippen molar-refractivity contribution in [3.05, 3.63) is 35.9 Å². The van der Waals surface area contributed by atoms with E-state index >= 15 is 0 Å². The van der Waals surface area contributed by atoms with Gasteiger partial charge in [-0.3, -0.25) is 0 Å². The Kier molecular flexibility index (Phi) is 4.16. The van der Waals surface area contributed by atoms with Crippen molar-refractivity contribution < 1.29 is 0 Å². The molecule has 0 heterocycles. The van der Waals surface area contributed by atoms with Crippen molar-refractivity contribution in [2.75, 3.05) is 7.05 Å². The molecule has 2 saturated carbocycles. The highest BCUT2D eigenvalue weighted by Gasteiger charge is 2.52. The lowest BCUT2D eigenvalue weighted by atomic mass is 9.71. The van der Waals surface area contributed by atoms with Gasteiger partial charge in [0.1, 0.15) is 0 Å². The van der Waals surface area contributed by atoms with Crippen LogP contribution in [0.3, 0.4) is 0 Å². The second-order valence-electron chi connectivity index (χ2n) is 6.98. The highest BCUT2D eigenvalue weighted by molar-refractivity contribution is 5.34. The summed E-state index contributed by atoms with van der Waals surface area (Å²) in [6, 6.07) is 11.9. The summed E-state index contributed by atoms with van der Waals surface area (Å²) in [4.78, 5) is 0. The molecule has 2 fully saturated rings. The summed E-state index contributed by atoms with van der Waals surface area (Å²) in [5, 5.41) is 3.71. The van der Waals surface area contributed by atoms with Gasteiger partial charge in [-0.15, -0.1) is 0 Å². The normalized spacial score (nSPS) is 29.9. The summed E-state index contributed by atoms with van der Waals surface area (Å²) < 4.78 is 0. The molecular weight excluding hydrogens is 242 g/mol. The predicted molar refractivity (Wildman–Crippen MR) is 85.9 cm³/mol. The van der Waals surface area contributed by atoms with Crippen molar-refractivity contribution in [3.63, 3.8) is 0 Å². The maximum absolute atomic E-state index is 3.71. The van der Waals surface area contributed by atoms with Gasteiger partial charge in [0.15, 0.2) is 0 Å². The van der Waals surface area contributed by atoms with Crippen LogP contribution in [0.25, 0.3) is 0 Å². The molecule has 2 aliphatic carbocycles. The second-order valence-corrected chi connectivity index (χ2v) is 6.98. The fourth-order valence-corrected chi connectivity index (χ4v) is 4.58. The van der Waals surface area contributed by atoms with Gasteiger partial charge in [-0.05, 0) is 50.1 Å². The molecule has 110 valence electrons. The lowest BCUT2D eigenvalue weighted by molar-refractivity contribution is 0.198. The van der Waals surface area contributed by atoms with Crippen molar-refractivity contribution in [3.8, 4) is 0 Å². The third kappa shape index (κ3) is 2.53. The van der Waals surface area contributed by atoms with Gasteiger partial charge in [0.25, 0.3) is 0 Å². The molecule has 0 saturated heterocycles. The van der Waals surface area contributed by atoms with Crippen molar-refractivity contribution in [2.45, 2.75) is 63.3 Å². The molecule has 3 rings (SSSR count). The summed E-state index contributed by atoms with van der Waals surface area (Å²) in [5.74, 6) is 1.88. The average Bonchev–Trinajstić information content (AvgIpc) is 3.31. The minimum Gasteiger partial charge on any atom is -0.316 e. The monoisotopic (exact) mass is 271 g/mol. The van der Waals surface area contributed by atoms with E-state index in [-0.39, 0.29) is 0 Å². The molecule has 1 nitrogen and oxygen atoms in total. The Balaban J connectivity index is 1.74. The SMILES string of the molecule is CCC1CCC(C(NC)C2(c3ccccc3)CC2)CC1. The first kappa shape index (κ1) is 14.1. The van der Waals surface area contributed by atoms with Gasteiger partial charge in [0.05, 0.1) is 0 Å². The molecule has 1 heteroatoms. The number of nitrogens with one attached hydrogen (secondary N) is 1. The molecule has 1 atom stereocenters. The minimum absolute atomic E-state index is 0.444. The highest BCUT2D eigenvalue weighted by atomic mass is 14.9. The molecule has 0 aliphatic heterocycles. The van der Waals surface area contributed by atoms with Crippen LogP contribution in [0.5, 0.6) is 0 Å². The van der Waals surface area contributed by atoms with E-state index < -0.39 is 0 Å². The van der Waals surface area contributed by atoms with Crippen molar-refractivity contribution in [2.24, 2.45) is 11.8 Å². The third-order valence-electron chi connectivity index (χ3n) is 5.98. The average molecular weight is 271 g/mol. The molecule has 0 amide bonds. The molecule has 1 aromatic carbocycles. The maximum Gasteiger partial charge on any atom is 0.0189 e. The first-order valence-corrected chi connectivity index (χ1v) is 8.53. The van der Waals surface area contributed by atoms with Gasteiger partial charge >= 0.3 is 0 Å². The van der Waals surface area contributed by atoms with E-state index in [2.05, 4.69) is 49.6 Å². The van der Waals surface area contributed by atoms with E-state index in [1.165, 1.54) is 44.9 Å². The van der Waals surface area contributed by atoms with Crippen LogP contribution in [0.4, 0.5) is 0 Å². The summed E-state index contributed by atoms with van der Waals surface area (Å²) >= 11 is 0. The maximum atomic E-state index is 3.71. The van der Waals surface area contributed by atoms with Crippen LogP contribution < -0.4 is 5.32 Å². The fraction of sp³-hybridized carbons (Fsp3) is 0.684. The molecule has 1 N–H and O–H groups in total. The van der Waals surface area contributed by atoms with E-state index in [1.807, 2.05) is 0 Å². The van der Waals surface area contributed by atoms with E-state index in [9.17, 15) is 0 Å². The van der Waals surface area contributed by atoms with Crippen molar-refractivity contribution in [1.82, 2.24) is 5.32 Å². The summed E-state index contributed by atoms with van der Waals surface area (Å²) in [6.07, 6.45) is 9.87. The highest BCUT2D eigenvalue weighted by Crippen LogP contribution is 2.54. The Morgan fingerprint density at radius 3 is 2.25 bits per heavy atom. The zero-order chi connectivity index (χ0) is 14.0. The van der Waals surface area contributed by atoms with Crippen molar-refractivity contribution >= 4 is 0 Å². The lowest BCUT2D eigenvalue weighted by Crippen LogP contribution is -2.45. The zero-order valence-corrected chi connectivity index (χ0v) is 13.1. The second kappa shape index (κ2) is 5.89.